The first kappa shape index (κ1) is 19.0. The molecular formula is C8H17NO6S4. The highest BCUT2D eigenvalue weighted by atomic mass is 33.1. The maximum absolute atomic E-state index is 11.5. The molecule has 19 heavy (non-hydrogen) atoms. The number of nitrogens with one attached hydrogen (secondary N) is 1. The molecule has 0 aromatic heterocycles. The van der Waals surface area contributed by atoms with Gasteiger partial charge in [0.15, 0.2) is 9.84 Å². The second-order valence-corrected chi connectivity index (χ2v) is 10.5. The van der Waals surface area contributed by atoms with Crippen LogP contribution in [0.1, 0.15) is 6.92 Å². The van der Waals surface area contributed by atoms with Gasteiger partial charge in [-0.1, -0.05) is 0 Å². The quantitative estimate of drug-likeness (QED) is 0.316. The number of amides is 1. The molecule has 114 valence electrons. The van der Waals surface area contributed by atoms with Gasteiger partial charge in [0.05, 0.1) is 11.5 Å². The van der Waals surface area contributed by atoms with E-state index >= 15 is 0 Å². The van der Waals surface area contributed by atoms with Crippen LogP contribution in [0, 0.1) is 0 Å². The minimum atomic E-state index is -4.18. The number of sulfone groups is 1. The molecule has 0 saturated heterocycles. The van der Waals surface area contributed by atoms with Gasteiger partial charge in [0.1, 0.15) is 0 Å². The van der Waals surface area contributed by atoms with Crippen LogP contribution in [0.25, 0.3) is 0 Å². The first-order valence-electron chi connectivity index (χ1n) is 5.27. The van der Waals surface area contributed by atoms with Crippen molar-refractivity contribution < 1.29 is 26.2 Å². The predicted octanol–water partition coefficient (Wildman–Crippen LogP) is -0.193. The van der Waals surface area contributed by atoms with E-state index in [9.17, 15) is 21.6 Å². The Kier molecular flexibility index (Phi) is 9.07. The van der Waals surface area contributed by atoms with Crippen molar-refractivity contribution in [1.82, 2.24) is 5.32 Å². The van der Waals surface area contributed by atoms with Crippen LogP contribution in [0.3, 0.4) is 0 Å². The molecule has 0 spiro atoms. The molecule has 0 aromatic rings. The summed E-state index contributed by atoms with van der Waals surface area (Å²) in [6.45, 7) is 1.89. The molecule has 7 nitrogen and oxygen atoms in total. The number of rotatable bonds is 10. The molecule has 0 bridgehead atoms. The summed E-state index contributed by atoms with van der Waals surface area (Å²) in [5.41, 5.74) is 0. The monoisotopic (exact) mass is 351 g/mol. The molecule has 0 radical (unpaired) electrons. The third-order valence-corrected chi connectivity index (χ3v) is 7.00. The second-order valence-electron chi connectivity index (χ2n) is 3.50. The summed E-state index contributed by atoms with van der Waals surface area (Å²) in [5.74, 6) is 0.355. The van der Waals surface area contributed by atoms with Crippen molar-refractivity contribution in [3.63, 3.8) is 0 Å². The summed E-state index contributed by atoms with van der Waals surface area (Å²) in [6.07, 6.45) is 0. The fourth-order valence-electron chi connectivity index (χ4n) is 0.956. The molecule has 0 aromatic carbocycles. The summed E-state index contributed by atoms with van der Waals surface area (Å²) < 4.78 is 52.2. The molecule has 1 amide bonds. The molecule has 0 aliphatic rings. The van der Waals surface area contributed by atoms with Crippen LogP contribution in [0.5, 0.6) is 0 Å². The Morgan fingerprint density at radius 2 is 1.68 bits per heavy atom. The van der Waals surface area contributed by atoms with E-state index in [0.29, 0.717) is 18.1 Å². The maximum Gasteiger partial charge on any atom is 0.319 e. The fourth-order valence-corrected chi connectivity index (χ4v) is 5.84. The number of hydrogen-bond donors (Lipinski definition) is 2. The zero-order chi connectivity index (χ0) is 14.9. The Hall–Kier alpha value is 0.0300. The van der Waals surface area contributed by atoms with Gasteiger partial charge in [-0.2, -0.15) is 20.2 Å². The molecule has 0 unspecified atom stereocenters. The third kappa shape index (κ3) is 14.3. The SMILES string of the molecule is CC(=O)NCCSCCS(=O)(=O)CCSS(=O)(=O)O. The smallest absolute Gasteiger partial charge is 0.319 e. The standard InChI is InChI=1S/C8H17NO6S4/c1-8(10)9-2-3-16-4-6-18(11,12)7-5-17-19(13,14)15/h2-7H2,1H3,(H,9,10)(H,13,14,15). The predicted molar refractivity (Wildman–Crippen MR) is 78.7 cm³/mol. The van der Waals surface area contributed by atoms with E-state index in [1.165, 1.54) is 18.7 Å². The van der Waals surface area contributed by atoms with Crippen molar-refractivity contribution in [2.24, 2.45) is 0 Å². The summed E-state index contributed by atoms with van der Waals surface area (Å²) in [7, 11) is -7.29. The Morgan fingerprint density at radius 3 is 2.21 bits per heavy atom. The molecule has 0 fully saturated rings. The molecule has 0 atom stereocenters. The molecule has 11 heteroatoms. The van der Waals surface area contributed by atoms with Crippen LogP contribution in [0.2, 0.25) is 0 Å². The lowest BCUT2D eigenvalue weighted by Gasteiger charge is -2.04. The van der Waals surface area contributed by atoms with Crippen molar-refractivity contribution >= 4 is 47.5 Å². The lowest BCUT2D eigenvalue weighted by Crippen LogP contribution is -2.23. The van der Waals surface area contributed by atoms with Gasteiger partial charge < -0.3 is 5.32 Å². The largest absolute Gasteiger partial charge is 0.356 e. The molecule has 2 N–H and O–H groups in total. The Morgan fingerprint density at radius 1 is 1.11 bits per heavy atom. The number of carbonyl (C=O) groups is 1. The van der Waals surface area contributed by atoms with E-state index in [4.69, 9.17) is 4.55 Å². The lowest BCUT2D eigenvalue weighted by molar-refractivity contribution is -0.118. The normalized spacial score (nSPS) is 12.3. The zero-order valence-electron chi connectivity index (χ0n) is 10.4. The first-order chi connectivity index (χ1) is 8.62. The summed E-state index contributed by atoms with van der Waals surface area (Å²) in [5, 5.41) is 2.59. The minimum Gasteiger partial charge on any atom is -0.356 e. The van der Waals surface area contributed by atoms with Gasteiger partial charge in [-0.05, 0) is 10.8 Å². The van der Waals surface area contributed by atoms with Gasteiger partial charge in [-0.25, -0.2) is 8.42 Å². The van der Waals surface area contributed by atoms with E-state index in [0.717, 1.165) is 0 Å². The second kappa shape index (κ2) is 9.06. The first-order valence-corrected chi connectivity index (χ1v) is 11.2. The summed E-state index contributed by atoms with van der Waals surface area (Å²) in [6, 6.07) is 0. The number of carbonyl (C=O) groups excluding carboxylic acids is 1. The van der Waals surface area contributed by atoms with Gasteiger partial charge in [-0.15, -0.1) is 0 Å². The van der Waals surface area contributed by atoms with Gasteiger partial charge in [-0.3, -0.25) is 9.35 Å². The molecule has 0 aliphatic carbocycles. The van der Waals surface area contributed by atoms with E-state index < -0.39 is 19.0 Å². The zero-order valence-corrected chi connectivity index (χ0v) is 13.6. The van der Waals surface area contributed by atoms with Gasteiger partial charge >= 0.3 is 9.15 Å². The van der Waals surface area contributed by atoms with Gasteiger partial charge in [0.2, 0.25) is 5.91 Å². The van der Waals surface area contributed by atoms with Crippen molar-refractivity contribution in [3.05, 3.63) is 0 Å². The van der Waals surface area contributed by atoms with E-state index in [-0.39, 0.29) is 34.0 Å². The topological polar surface area (TPSA) is 118 Å². The Bertz CT molecular complexity index is 471. The molecule has 0 aliphatic heterocycles. The van der Waals surface area contributed by atoms with E-state index in [2.05, 4.69) is 5.32 Å². The van der Waals surface area contributed by atoms with Crippen LogP contribution in [0.15, 0.2) is 0 Å². The average Bonchev–Trinajstić information content (AvgIpc) is 2.20. The Balaban J connectivity index is 3.71. The highest BCUT2D eigenvalue weighted by Crippen LogP contribution is 2.10. The molecule has 0 heterocycles. The number of hydrogen-bond acceptors (Lipinski definition) is 7. The van der Waals surface area contributed by atoms with Gasteiger partial charge in [0, 0.05) is 30.7 Å². The maximum atomic E-state index is 11.5. The van der Waals surface area contributed by atoms with Crippen LogP contribution >= 0.6 is 22.6 Å². The molecule has 0 saturated carbocycles. The van der Waals surface area contributed by atoms with E-state index in [1.807, 2.05) is 0 Å². The van der Waals surface area contributed by atoms with Crippen molar-refractivity contribution in [3.8, 4) is 0 Å². The van der Waals surface area contributed by atoms with Crippen LogP contribution in [-0.4, -0.2) is 62.6 Å². The lowest BCUT2D eigenvalue weighted by atomic mass is 10.6. The average molecular weight is 351 g/mol. The van der Waals surface area contributed by atoms with Crippen molar-refractivity contribution in [2.75, 3.05) is 35.3 Å². The Labute approximate surface area is 121 Å². The van der Waals surface area contributed by atoms with Gasteiger partial charge in [0.25, 0.3) is 0 Å². The van der Waals surface area contributed by atoms with Crippen LogP contribution in [0.4, 0.5) is 0 Å². The van der Waals surface area contributed by atoms with Crippen LogP contribution in [-0.2, 0) is 23.8 Å². The highest BCUT2D eigenvalue weighted by Gasteiger charge is 2.13. The molecule has 0 rings (SSSR count). The summed E-state index contributed by atoms with van der Waals surface area (Å²) >= 11 is 1.39. The summed E-state index contributed by atoms with van der Waals surface area (Å²) in [4.78, 5) is 10.5. The fraction of sp³-hybridized carbons (Fsp3) is 0.875. The highest BCUT2D eigenvalue weighted by molar-refractivity contribution is 8.70. The minimum absolute atomic E-state index is 0.0518. The molecular weight excluding hydrogens is 334 g/mol. The van der Waals surface area contributed by atoms with Crippen LogP contribution < -0.4 is 5.32 Å². The third-order valence-electron chi connectivity index (χ3n) is 1.79. The number of thioether (sulfide) groups is 1. The van der Waals surface area contributed by atoms with Crippen molar-refractivity contribution in [1.29, 1.82) is 0 Å². The van der Waals surface area contributed by atoms with Crippen molar-refractivity contribution in [2.45, 2.75) is 6.92 Å². The van der Waals surface area contributed by atoms with E-state index in [1.54, 1.807) is 0 Å².